The number of benzene rings is 1. The van der Waals surface area contributed by atoms with Crippen molar-refractivity contribution in [2.24, 2.45) is 10.8 Å². The van der Waals surface area contributed by atoms with Crippen molar-refractivity contribution in [1.29, 1.82) is 0 Å². The molecule has 0 atom stereocenters. The number of aryl methyl sites for hydroxylation is 2. The summed E-state index contributed by atoms with van der Waals surface area (Å²) in [7, 11) is 0. The van der Waals surface area contributed by atoms with Crippen molar-refractivity contribution in [3.05, 3.63) is 35.4 Å². The van der Waals surface area contributed by atoms with E-state index in [0.29, 0.717) is 6.42 Å². The van der Waals surface area contributed by atoms with Gasteiger partial charge in [-0.1, -0.05) is 38.1 Å². The lowest BCUT2D eigenvalue weighted by molar-refractivity contribution is -0.147. The van der Waals surface area contributed by atoms with E-state index in [9.17, 15) is 9.59 Å². The number of rotatable bonds is 10. The molecule has 1 aromatic carbocycles. The van der Waals surface area contributed by atoms with Gasteiger partial charge in [0, 0.05) is 5.41 Å². The second-order valence-electron chi connectivity index (χ2n) is 8.16. The maximum Gasteiger partial charge on any atom is 0.309 e. The van der Waals surface area contributed by atoms with E-state index in [1.807, 2.05) is 13.8 Å². The fraction of sp³-hybridized carbons (Fsp3) is 0.619. The Bertz CT molecular complexity index is 523. The zero-order valence-electron chi connectivity index (χ0n) is 15.8. The van der Waals surface area contributed by atoms with E-state index in [4.69, 9.17) is 5.11 Å². The SMILES string of the molecule is CC(=O)C(C)(C)CCCc1cccc(CCCC(C)(C)C(=O)O)c1. The molecular formula is C21H32O3. The van der Waals surface area contributed by atoms with Crippen LogP contribution in [-0.2, 0) is 22.4 Å². The molecule has 1 N–H and O–H groups in total. The zero-order valence-corrected chi connectivity index (χ0v) is 15.8. The Labute approximate surface area is 146 Å². The summed E-state index contributed by atoms with van der Waals surface area (Å²) in [6, 6.07) is 8.53. The predicted octanol–water partition coefficient (Wildman–Crippen LogP) is 5.06. The number of hydrogen-bond acceptors (Lipinski definition) is 2. The van der Waals surface area contributed by atoms with Crippen molar-refractivity contribution in [3.8, 4) is 0 Å². The molecule has 3 nitrogen and oxygen atoms in total. The van der Waals surface area contributed by atoms with Crippen LogP contribution < -0.4 is 0 Å². The molecule has 0 unspecified atom stereocenters. The minimum atomic E-state index is -0.732. The third kappa shape index (κ3) is 6.46. The van der Waals surface area contributed by atoms with Crippen molar-refractivity contribution in [1.82, 2.24) is 0 Å². The topological polar surface area (TPSA) is 54.4 Å². The Kier molecular flexibility index (Phi) is 7.19. The minimum Gasteiger partial charge on any atom is -0.481 e. The number of carbonyl (C=O) groups excluding carboxylic acids is 1. The highest BCUT2D eigenvalue weighted by atomic mass is 16.4. The van der Waals surface area contributed by atoms with Crippen molar-refractivity contribution >= 4 is 11.8 Å². The smallest absolute Gasteiger partial charge is 0.309 e. The minimum absolute atomic E-state index is 0.236. The first-order chi connectivity index (χ1) is 11.0. The van der Waals surface area contributed by atoms with Crippen LogP contribution in [0.25, 0.3) is 0 Å². The van der Waals surface area contributed by atoms with Gasteiger partial charge in [0.2, 0.25) is 0 Å². The molecule has 0 spiro atoms. The predicted molar refractivity (Wildman–Crippen MR) is 98.2 cm³/mol. The zero-order chi connectivity index (χ0) is 18.4. The summed E-state index contributed by atoms with van der Waals surface area (Å²) >= 11 is 0. The molecule has 0 aliphatic carbocycles. The number of aliphatic carboxylic acids is 1. The molecular weight excluding hydrogens is 300 g/mol. The van der Waals surface area contributed by atoms with E-state index in [-0.39, 0.29) is 11.2 Å². The van der Waals surface area contributed by atoms with Crippen molar-refractivity contribution in [3.63, 3.8) is 0 Å². The molecule has 0 saturated heterocycles. The number of hydrogen-bond donors (Lipinski definition) is 1. The fourth-order valence-electron chi connectivity index (χ4n) is 2.69. The molecule has 0 aliphatic heterocycles. The van der Waals surface area contributed by atoms with Gasteiger partial charge in [0.25, 0.3) is 0 Å². The van der Waals surface area contributed by atoms with Crippen LogP contribution in [0.2, 0.25) is 0 Å². The first-order valence-corrected chi connectivity index (χ1v) is 8.87. The number of Topliss-reactive ketones (excluding diaryl/α,β-unsaturated/α-hetero) is 1. The van der Waals surface area contributed by atoms with Crippen LogP contribution in [0.5, 0.6) is 0 Å². The molecule has 24 heavy (non-hydrogen) atoms. The van der Waals surface area contributed by atoms with Crippen LogP contribution in [0, 0.1) is 10.8 Å². The van der Waals surface area contributed by atoms with E-state index in [1.165, 1.54) is 11.1 Å². The quantitative estimate of drug-likeness (QED) is 0.651. The van der Waals surface area contributed by atoms with Crippen LogP contribution in [-0.4, -0.2) is 16.9 Å². The standard InChI is InChI=1S/C21H32O3/c1-16(22)20(2,3)13-7-11-17-9-6-10-18(15-17)12-8-14-21(4,5)19(23)24/h6,9-10,15H,7-8,11-14H2,1-5H3,(H,23,24). The molecule has 0 radical (unpaired) electrons. The number of carboxylic acid groups (broad SMARTS) is 1. The first-order valence-electron chi connectivity index (χ1n) is 8.87. The van der Waals surface area contributed by atoms with Crippen molar-refractivity contribution in [2.75, 3.05) is 0 Å². The van der Waals surface area contributed by atoms with Gasteiger partial charge in [-0.25, -0.2) is 0 Å². The number of carboxylic acids is 1. The largest absolute Gasteiger partial charge is 0.481 e. The van der Waals surface area contributed by atoms with Gasteiger partial charge in [-0.15, -0.1) is 0 Å². The van der Waals surface area contributed by atoms with Crippen LogP contribution >= 0.6 is 0 Å². The van der Waals surface area contributed by atoms with E-state index in [1.54, 1.807) is 20.8 Å². The normalized spacial score (nSPS) is 12.2. The summed E-state index contributed by atoms with van der Waals surface area (Å²) in [6.45, 7) is 9.25. The molecule has 1 aromatic rings. The van der Waals surface area contributed by atoms with Gasteiger partial charge in [-0.2, -0.15) is 0 Å². The molecule has 3 heteroatoms. The highest BCUT2D eigenvalue weighted by Crippen LogP contribution is 2.26. The van der Waals surface area contributed by atoms with Crippen molar-refractivity contribution < 1.29 is 14.7 Å². The second kappa shape index (κ2) is 8.46. The second-order valence-corrected chi connectivity index (χ2v) is 8.16. The molecule has 0 aliphatic rings. The highest BCUT2D eigenvalue weighted by molar-refractivity contribution is 5.81. The van der Waals surface area contributed by atoms with Gasteiger partial charge in [0.15, 0.2) is 0 Å². The lowest BCUT2D eigenvalue weighted by Crippen LogP contribution is -2.23. The number of ketones is 1. The van der Waals surface area contributed by atoms with Crippen LogP contribution in [0.4, 0.5) is 0 Å². The summed E-state index contributed by atoms with van der Waals surface area (Å²) in [5.41, 5.74) is 1.67. The Hall–Kier alpha value is -1.64. The van der Waals surface area contributed by atoms with Gasteiger partial charge in [-0.3, -0.25) is 9.59 Å². The van der Waals surface area contributed by atoms with Gasteiger partial charge < -0.3 is 5.11 Å². The Morgan fingerprint density at radius 3 is 1.79 bits per heavy atom. The average molecular weight is 332 g/mol. The third-order valence-corrected chi connectivity index (χ3v) is 5.06. The maximum absolute atomic E-state index is 11.6. The number of carbonyl (C=O) groups is 2. The summed E-state index contributed by atoms with van der Waals surface area (Å²) in [5.74, 6) is -0.485. The van der Waals surface area contributed by atoms with Gasteiger partial charge in [0.1, 0.15) is 5.78 Å². The Morgan fingerprint density at radius 2 is 1.38 bits per heavy atom. The van der Waals surface area contributed by atoms with Gasteiger partial charge in [0.05, 0.1) is 5.41 Å². The average Bonchev–Trinajstić information content (AvgIpc) is 2.47. The Balaban J connectivity index is 2.49. The van der Waals surface area contributed by atoms with Crippen LogP contribution in [0.15, 0.2) is 24.3 Å². The summed E-state index contributed by atoms with van der Waals surface area (Å²) in [6.07, 6.45) is 5.34. The summed E-state index contributed by atoms with van der Waals surface area (Å²) < 4.78 is 0. The molecule has 0 heterocycles. The van der Waals surface area contributed by atoms with Gasteiger partial charge in [-0.05, 0) is 70.4 Å². The molecule has 0 aromatic heterocycles. The highest BCUT2D eigenvalue weighted by Gasteiger charge is 2.26. The summed E-state index contributed by atoms with van der Waals surface area (Å²) in [5, 5.41) is 9.16. The van der Waals surface area contributed by atoms with Crippen molar-refractivity contribution in [2.45, 2.75) is 73.1 Å². The van der Waals surface area contributed by atoms with E-state index in [2.05, 4.69) is 24.3 Å². The molecule has 0 amide bonds. The van der Waals surface area contributed by atoms with Crippen LogP contribution in [0.1, 0.15) is 71.4 Å². The Morgan fingerprint density at radius 1 is 0.917 bits per heavy atom. The van der Waals surface area contributed by atoms with Crippen LogP contribution in [0.3, 0.4) is 0 Å². The summed E-state index contributed by atoms with van der Waals surface area (Å²) in [4.78, 5) is 22.7. The van der Waals surface area contributed by atoms with E-state index < -0.39 is 11.4 Å². The van der Waals surface area contributed by atoms with E-state index >= 15 is 0 Å². The first kappa shape index (κ1) is 20.4. The molecule has 134 valence electrons. The molecule has 1 rings (SSSR count). The lowest BCUT2D eigenvalue weighted by Gasteiger charge is -2.20. The fourth-order valence-corrected chi connectivity index (χ4v) is 2.69. The van der Waals surface area contributed by atoms with E-state index in [0.717, 1.165) is 32.1 Å². The maximum atomic E-state index is 11.6. The monoisotopic (exact) mass is 332 g/mol. The molecule has 0 bridgehead atoms. The van der Waals surface area contributed by atoms with Gasteiger partial charge >= 0.3 is 5.97 Å². The molecule has 0 fully saturated rings. The lowest BCUT2D eigenvalue weighted by atomic mass is 9.83. The third-order valence-electron chi connectivity index (χ3n) is 5.06. The molecule has 0 saturated carbocycles.